The number of hydrogen-bond donors (Lipinski definition) is 2. The molecule has 2 amide bonds. The van der Waals surface area contributed by atoms with Crippen LogP contribution in [0, 0.1) is 29.4 Å². The van der Waals surface area contributed by atoms with Crippen LogP contribution in [0.5, 0.6) is 5.75 Å². The molecule has 392 valence electrons. The predicted octanol–water partition coefficient (Wildman–Crippen LogP) is 8.53. The molecule has 74 heavy (non-hydrogen) atoms. The zero-order valence-corrected chi connectivity index (χ0v) is 41.1. The fraction of sp³-hybridized carbons (Fsp3) is 0.340. The second-order valence-electron chi connectivity index (χ2n) is 18.3. The molecule has 3 aromatic heterocycles. The number of alkyl halides is 8. The van der Waals surface area contributed by atoms with Crippen LogP contribution in [0.4, 0.5) is 49.7 Å². The Hall–Kier alpha value is -6.72. The molecule has 1 unspecified atom stereocenters. The van der Waals surface area contributed by atoms with E-state index in [2.05, 4.69) is 32.3 Å². The van der Waals surface area contributed by atoms with E-state index in [0.29, 0.717) is 12.3 Å². The zero-order valence-electron chi connectivity index (χ0n) is 38.7. The first-order chi connectivity index (χ1) is 34.1. The smallest absolute Gasteiger partial charge is 0.435 e. The van der Waals surface area contributed by atoms with Crippen LogP contribution < -0.4 is 9.62 Å². The number of pyridine rings is 1. The summed E-state index contributed by atoms with van der Waals surface area (Å²) >= 11 is 6.68. The third-order valence-corrected chi connectivity index (χ3v) is 15.7. The minimum absolute atomic E-state index is 0.122. The van der Waals surface area contributed by atoms with E-state index in [0.717, 1.165) is 42.7 Å². The van der Waals surface area contributed by atoms with Crippen LogP contribution in [0.1, 0.15) is 71.7 Å². The quantitative estimate of drug-likeness (QED) is 0.0839. The molecule has 0 spiro atoms. The summed E-state index contributed by atoms with van der Waals surface area (Å²) in [6.07, 6.45) is -10.6. The Balaban J connectivity index is 1.36. The molecule has 1 fully saturated rings. The highest BCUT2D eigenvalue weighted by Gasteiger charge is 2.68. The lowest BCUT2D eigenvalue weighted by molar-refractivity contribution is -0.143. The van der Waals surface area contributed by atoms with Crippen molar-refractivity contribution in [3.05, 3.63) is 123 Å². The van der Waals surface area contributed by atoms with Crippen molar-refractivity contribution >= 4 is 60.0 Å². The normalized spacial score (nSPS) is 16.8. The van der Waals surface area contributed by atoms with Gasteiger partial charge in [0.15, 0.2) is 21.3 Å². The maximum atomic E-state index is 15.6. The second-order valence-corrected chi connectivity index (χ2v) is 23.1. The number of aromatic hydroxyl groups is 1. The summed E-state index contributed by atoms with van der Waals surface area (Å²) in [6.45, 7) is -0.801. The van der Waals surface area contributed by atoms with Crippen LogP contribution in [-0.4, -0.2) is 81.7 Å². The van der Waals surface area contributed by atoms with Gasteiger partial charge in [0.2, 0.25) is 21.8 Å². The lowest BCUT2D eigenvalue weighted by atomic mass is 9.93. The molecule has 3 atom stereocenters. The van der Waals surface area contributed by atoms with Gasteiger partial charge >= 0.3 is 12.4 Å². The third kappa shape index (κ3) is 10.6. The van der Waals surface area contributed by atoms with Gasteiger partial charge in [-0.15, -0.1) is 0 Å². The molecule has 1 saturated carbocycles. The van der Waals surface area contributed by atoms with Crippen molar-refractivity contribution < 1.29 is 75.4 Å². The van der Waals surface area contributed by atoms with E-state index in [4.69, 9.17) is 11.6 Å². The van der Waals surface area contributed by atoms with Crippen molar-refractivity contribution in [2.45, 2.75) is 81.2 Å². The number of nitrogens with zero attached hydrogens (tertiary/aromatic N) is 6. The lowest BCUT2D eigenvalue weighted by Gasteiger charge is -2.23. The predicted molar refractivity (Wildman–Crippen MR) is 247 cm³/mol. The van der Waals surface area contributed by atoms with Crippen molar-refractivity contribution in [3.8, 4) is 28.7 Å². The van der Waals surface area contributed by atoms with Gasteiger partial charge in [-0.2, -0.15) is 49.6 Å². The Morgan fingerprint density at radius 2 is 1.54 bits per heavy atom. The Morgan fingerprint density at radius 3 is 2.14 bits per heavy atom. The molecule has 8 rings (SSSR count). The zero-order chi connectivity index (χ0) is 54.4. The van der Waals surface area contributed by atoms with Crippen LogP contribution in [0.3, 0.4) is 0 Å². The van der Waals surface area contributed by atoms with E-state index in [1.165, 1.54) is 38.1 Å². The highest BCUT2D eigenvalue weighted by Crippen LogP contribution is 2.68. The average molecular weight is 1100 g/mol. The van der Waals surface area contributed by atoms with Crippen molar-refractivity contribution in [2.24, 2.45) is 5.92 Å². The Kier molecular flexibility index (Phi) is 13.5. The van der Waals surface area contributed by atoms with Crippen LogP contribution >= 0.6 is 11.6 Å². The van der Waals surface area contributed by atoms with Crippen molar-refractivity contribution in [2.75, 3.05) is 16.8 Å². The molecule has 14 nitrogen and oxygen atoms in total. The number of halogens is 11. The number of sulfonamides is 1. The highest BCUT2D eigenvalue weighted by atomic mass is 35.5. The largest absolute Gasteiger partial charge is 0.508 e. The molecular formula is C47H38ClF10N7O7S2. The Bertz CT molecular complexity index is 3570. The van der Waals surface area contributed by atoms with Crippen molar-refractivity contribution in [1.29, 1.82) is 0 Å². The van der Waals surface area contributed by atoms with E-state index in [1.54, 1.807) is 0 Å². The number of nitrogens with one attached hydrogen (secondary N) is 1. The summed E-state index contributed by atoms with van der Waals surface area (Å²) in [5.74, 6) is -7.43. The SMILES string of the molecule is CC(C)(C#Cc1ccc(-c2ccc(Cl)c3c(N(C(=O)Cc4ccc(O)cc4)S(C)(=O)=O)nn(CC(F)(F)F)c23)c(C(Cc2cc(F)cc(F)c2)NC(=O)Cn2nc(C(F)(F)F)c3c2C(F)(F)[C@@H]2C[C@H]32)n1)S(C)(=O)=O. The maximum Gasteiger partial charge on any atom is 0.435 e. The summed E-state index contributed by atoms with van der Waals surface area (Å²) < 4.78 is 199. The molecule has 27 heteroatoms. The molecule has 0 saturated heterocycles. The van der Waals surface area contributed by atoms with Gasteiger partial charge in [0.1, 0.15) is 46.6 Å². The summed E-state index contributed by atoms with van der Waals surface area (Å²) in [5.41, 5.74) is -5.71. The summed E-state index contributed by atoms with van der Waals surface area (Å²) in [5, 5.41) is 18.5. The Morgan fingerprint density at radius 1 is 0.905 bits per heavy atom. The first kappa shape index (κ1) is 53.6. The number of anilines is 1. The number of rotatable bonds is 13. The minimum Gasteiger partial charge on any atom is -0.508 e. The van der Waals surface area contributed by atoms with Gasteiger partial charge in [-0.1, -0.05) is 35.7 Å². The number of phenolic OH excluding ortho intramolecular Hbond substituents is 1. The first-order valence-electron chi connectivity index (χ1n) is 21.8. The number of benzene rings is 3. The van der Waals surface area contributed by atoms with Crippen LogP contribution in [0.2, 0.25) is 5.02 Å². The number of amides is 2. The molecule has 6 aromatic rings. The number of carbonyl (C=O) groups is 2. The molecule has 2 aliphatic rings. The summed E-state index contributed by atoms with van der Waals surface area (Å²) in [6, 6.07) is 9.73. The van der Waals surface area contributed by atoms with Gasteiger partial charge in [0.05, 0.1) is 40.3 Å². The van der Waals surface area contributed by atoms with Gasteiger partial charge in [-0.3, -0.25) is 19.0 Å². The molecular weight excluding hydrogens is 1060 g/mol. The van der Waals surface area contributed by atoms with Gasteiger partial charge < -0.3 is 10.4 Å². The van der Waals surface area contributed by atoms with E-state index in [1.807, 2.05) is 0 Å². The topological polar surface area (TPSA) is 186 Å². The van der Waals surface area contributed by atoms with Crippen molar-refractivity contribution in [3.63, 3.8) is 0 Å². The first-order valence-corrected chi connectivity index (χ1v) is 25.9. The number of aromatic nitrogens is 5. The van der Waals surface area contributed by atoms with Gasteiger partial charge in [-0.25, -0.2) is 30.6 Å². The van der Waals surface area contributed by atoms with Gasteiger partial charge in [-0.05, 0) is 92.1 Å². The minimum atomic E-state index is -5.23. The fourth-order valence-corrected chi connectivity index (χ4v) is 10.1. The third-order valence-electron chi connectivity index (χ3n) is 12.4. The van der Waals surface area contributed by atoms with Crippen LogP contribution in [0.15, 0.2) is 66.7 Å². The number of fused-ring (bicyclic) bond motifs is 4. The lowest BCUT2D eigenvalue weighted by Crippen LogP contribution is -2.38. The monoisotopic (exact) mass is 1100 g/mol. The van der Waals surface area contributed by atoms with E-state index in [9.17, 15) is 66.7 Å². The average Bonchev–Trinajstić information content (AvgIpc) is 3.78. The molecule has 0 radical (unpaired) electrons. The van der Waals surface area contributed by atoms with Crippen molar-refractivity contribution in [1.82, 2.24) is 29.9 Å². The fourth-order valence-electron chi connectivity index (χ4n) is 8.72. The second kappa shape index (κ2) is 18.6. The molecule has 2 aliphatic carbocycles. The standard InChI is InChI=1S/C47H38ClF10N7O7S2/c1-44(2,73(3,69)70)14-13-27-7-10-29(30-11-12-33(48)38-40(30)64(22-45(51,52)53)62-43(38)65(74(4,71)72)36(68)18-23-5-8-28(66)9-6-23)39(59-27)34(17-24-15-25(49)19-26(50)16-24)60-35(67)21-63-42-37(41(61-63)47(56,57)58)31-20-32(31)46(42,54)55/h5-12,15-16,19,31-32,34,66H,17-18,20-22H2,1-4H3,(H,60,67)/t31-,32+,34?/m0/s1. The molecule has 3 aromatic carbocycles. The number of carbonyl (C=O) groups excluding carboxylic acids is 2. The number of hydrogen-bond acceptors (Lipinski definition) is 10. The maximum absolute atomic E-state index is 15.6. The van der Waals surface area contributed by atoms with Gasteiger partial charge in [0, 0.05) is 34.9 Å². The number of phenols is 1. The van der Waals surface area contributed by atoms with E-state index in [-0.39, 0.29) is 53.8 Å². The summed E-state index contributed by atoms with van der Waals surface area (Å²) in [4.78, 5) is 32.7. The van der Waals surface area contributed by atoms with E-state index < -0.39 is 155 Å². The molecule has 0 aliphatic heterocycles. The van der Waals surface area contributed by atoms with Crippen LogP contribution in [0.25, 0.3) is 22.0 Å². The number of sulfone groups is 1. The summed E-state index contributed by atoms with van der Waals surface area (Å²) in [7, 11) is -8.71. The van der Waals surface area contributed by atoms with Gasteiger partial charge in [0.25, 0.3) is 5.92 Å². The molecule has 3 heterocycles. The van der Waals surface area contributed by atoms with E-state index >= 15 is 8.78 Å². The highest BCUT2D eigenvalue weighted by molar-refractivity contribution is 7.93. The Labute approximate surface area is 419 Å². The van der Waals surface area contributed by atoms with Crippen LogP contribution in [-0.2, 0) is 67.5 Å². The molecule has 2 N–H and O–H groups in total. The molecule has 0 bridgehead atoms.